The normalized spacial score (nSPS) is 12.4. The predicted molar refractivity (Wildman–Crippen MR) is 73.4 cm³/mol. The standard InChI is InChI=1S/C15H15ClFN/c1-18-14(10-11-6-3-2-4-7-11)12-8-5-9-13(17)15(12)16/h2-9,14,18H,10H2,1H3. The Hall–Kier alpha value is -1.38. The van der Waals surface area contributed by atoms with Crippen molar-refractivity contribution >= 4 is 11.6 Å². The van der Waals surface area contributed by atoms with Crippen LogP contribution in [0, 0.1) is 5.82 Å². The van der Waals surface area contributed by atoms with E-state index in [0.29, 0.717) is 0 Å². The van der Waals surface area contributed by atoms with Crippen molar-refractivity contribution in [3.8, 4) is 0 Å². The van der Waals surface area contributed by atoms with Gasteiger partial charge in [-0.2, -0.15) is 0 Å². The number of halogens is 2. The van der Waals surface area contributed by atoms with E-state index >= 15 is 0 Å². The molecule has 94 valence electrons. The molecule has 18 heavy (non-hydrogen) atoms. The van der Waals surface area contributed by atoms with Crippen molar-refractivity contribution in [3.05, 3.63) is 70.5 Å². The second-order valence-corrected chi connectivity index (χ2v) is 4.55. The maximum atomic E-state index is 13.5. The maximum Gasteiger partial charge on any atom is 0.142 e. The Morgan fingerprint density at radius 3 is 2.50 bits per heavy atom. The van der Waals surface area contributed by atoms with Crippen molar-refractivity contribution in [2.24, 2.45) is 0 Å². The maximum absolute atomic E-state index is 13.5. The van der Waals surface area contributed by atoms with Crippen LogP contribution in [0.5, 0.6) is 0 Å². The number of nitrogens with one attached hydrogen (secondary N) is 1. The van der Waals surface area contributed by atoms with E-state index in [1.54, 1.807) is 6.07 Å². The molecular weight excluding hydrogens is 249 g/mol. The van der Waals surface area contributed by atoms with Gasteiger partial charge in [0.1, 0.15) is 5.82 Å². The van der Waals surface area contributed by atoms with E-state index in [0.717, 1.165) is 12.0 Å². The van der Waals surface area contributed by atoms with E-state index in [9.17, 15) is 4.39 Å². The number of rotatable bonds is 4. The minimum absolute atomic E-state index is 0.00981. The SMILES string of the molecule is CNC(Cc1ccccc1)c1cccc(F)c1Cl. The number of hydrogen-bond donors (Lipinski definition) is 1. The molecule has 0 spiro atoms. The zero-order valence-electron chi connectivity index (χ0n) is 10.2. The second-order valence-electron chi connectivity index (χ2n) is 4.17. The molecule has 0 fully saturated rings. The van der Waals surface area contributed by atoms with Gasteiger partial charge < -0.3 is 5.32 Å². The lowest BCUT2D eigenvalue weighted by Crippen LogP contribution is -2.19. The third-order valence-electron chi connectivity index (χ3n) is 2.99. The molecule has 0 amide bonds. The van der Waals surface area contributed by atoms with E-state index in [4.69, 9.17) is 11.6 Å². The van der Waals surface area contributed by atoms with Crippen LogP contribution in [-0.4, -0.2) is 7.05 Å². The van der Waals surface area contributed by atoms with Crippen molar-refractivity contribution in [2.75, 3.05) is 7.05 Å². The van der Waals surface area contributed by atoms with Crippen molar-refractivity contribution < 1.29 is 4.39 Å². The fourth-order valence-electron chi connectivity index (χ4n) is 2.01. The van der Waals surface area contributed by atoms with Gasteiger partial charge in [0.15, 0.2) is 0 Å². The van der Waals surface area contributed by atoms with Crippen LogP contribution in [-0.2, 0) is 6.42 Å². The average molecular weight is 264 g/mol. The smallest absolute Gasteiger partial charge is 0.142 e. The van der Waals surface area contributed by atoms with Crippen LogP contribution in [0.4, 0.5) is 4.39 Å². The molecule has 0 aliphatic heterocycles. The van der Waals surface area contributed by atoms with E-state index in [1.165, 1.54) is 11.6 Å². The van der Waals surface area contributed by atoms with Gasteiger partial charge in [-0.25, -0.2) is 4.39 Å². The van der Waals surface area contributed by atoms with Gasteiger partial charge in [-0.1, -0.05) is 54.1 Å². The van der Waals surface area contributed by atoms with Crippen LogP contribution < -0.4 is 5.32 Å². The highest BCUT2D eigenvalue weighted by Gasteiger charge is 2.15. The molecule has 0 aliphatic carbocycles. The molecule has 1 unspecified atom stereocenters. The summed E-state index contributed by atoms with van der Waals surface area (Å²) < 4.78 is 13.5. The lowest BCUT2D eigenvalue weighted by atomic mass is 9.99. The van der Waals surface area contributed by atoms with Gasteiger partial charge in [0.25, 0.3) is 0 Å². The predicted octanol–water partition coefficient (Wildman–Crippen LogP) is 3.98. The summed E-state index contributed by atoms with van der Waals surface area (Å²) >= 11 is 6.02. The van der Waals surface area contributed by atoms with Gasteiger partial charge in [0, 0.05) is 6.04 Å². The first-order valence-corrected chi connectivity index (χ1v) is 6.25. The van der Waals surface area contributed by atoms with Crippen molar-refractivity contribution in [1.82, 2.24) is 5.32 Å². The summed E-state index contributed by atoms with van der Waals surface area (Å²) in [6, 6.07) is 15.0. The first-order valence-electron chi connectivity index (χ1n) is 5.87. The van der Waals surface area contributed by atoms with Crippen LogP contribution in [0.15, 0.2) is 48.5 Å². The molecule has 0 bridgehead atoms. The van der Waals surface area contributed by atoms with E-state index in [-0.39, 0.29) is 16.9 Å². The van der Waals surface area contributed by atoms with Crippen LogP contribution in [0.2, 0.25) is 5.02 Å². The Balaban J connectivity index is 2.26. The second kappa shape index (κ2) is 5.98. The molecule has 2 aromatic carbocycles. The first-order chi connectivity index (χ1) is 8.72. The molecule has 0 saturated heterocycles. The summed E-state index contributed by atoms with van der Waals surface area (Å²) in [6.07, 6.45) is 0.778. The first kappa shape index (κ1) is 13.1. The molecule has 3 heteroatoms. The molecule has 2 aromatic rings. The number of likely N-dealkylation sites (N-methyl/N-ethyl adjacent to an activating group) is 1. The molecular formula is C15H15ClFN. The van der Waals surface area contributed by atoms with Gasteiger partial charge in [0.2, 0.25) is 0 Å². The topological polar surface area (TPSA) is 12.0 Å². The van der Waals surface area contributed by atoms with Crippen LogP contribution in [0.25, 0.3) is 0 Å². The summed E-state index contributed by atoms with van der Waals surface area (Å²) in [5.74, 6) is -0.373. The van der Waals surface area contributed by atoms with Gasteiger partial charge in [-0.05, 0) is 30.7 Å². The molecule has 0 radical (unpaired) electrons. The Morgan fingerprint density at radius 2 is 1.83 bits per heavy atom. The van der Waals surface area contributed by atoms with E-state index in [2.05, 4.69) is 17.4 Å². The molecule has 1 N–H and O–H groups in total. The van der Waals surface area contributed by atoms with Crippen molar-refractivity contribution in [1.29, 1.82) is 0 Å². The molecule has 0 aliphatic rings. The largest absolute Gasteiger partial charge is 0.313 e. The third-order valence-corrected chi connectivity index (χ3v) is 3.39. The zero-order valence-corrected chi connectivity index (χ0v) is 10.9. The summed E-state index contributed by atoms with van der Waals surface area (Å²) in [6.45, 7) is 0. The molecule has 1 nitrogen and oxygen atoms in total. The third kappa shape index (κ3) is 2.89. The molecule has 1 atom stereocenters. The lowest BCUT2D eigenvalue weighted by molar-refractivity contribution is 0.578. The van der Waals surface area contributed by atoms with Gasteiger partial charge in [0.05, 0.1) is 5.02 Å². The van der Waals surface area contributed by atoms with E-state index in [1.807, 2.05) is 31.3 Å². The summed E-state index contributed by atoms with van der Waals surface area (Å²) in [5.41, 5.74) is 1.99. The summed E-state index contributed by atoms with van der Waals surface area (Å²) in [7, 11) is 1.86. The molecule has 0 saturated carbocycles. The van der Waals surface area contributed by atoms with Crippen LogP contribution in [0.3, 0.4) is 0 Å². The Bertz CT molecular complexity index is 513. The number of benzene rings is 2. The molecule has 2 rings (SSSR count). The van der Waals surface area contributed by atoms with Gasteiger partial charge >= 0.3 is 0 Å². The fourth-order valence-corrected chi connectivity index (χ4v) is 2.26. The van der Waals surface area contributed by atoms with Crippen LogP contribution >= 0.6 is 11.6 Å². The Morgan fingerprint density at radius 1 is 1.11 bits per heavy atom. The average Bonchev–Trinajstić information content (AvgIpc) is 2.41. The highest BCUT2D eigenvalue weighted by atomic mass is 35.5. The lowest BCUT2D eigenvalue weighted by Gasteiger charge is -2.18. The minimum atomic E-state index is -0.373. The monoisotopic (exact) mass is 263 g/mol. The zero-order chi connectivity index (χ0) is 13.0. The quantitative estimate of drug-likeness (QED) is 0.880. The summed E-state index contributed by atoms with van der Waals surface area (Å²) in [4.78, 5) is 0. The fraction of sp³-hybridized carbons (Fsp3) is 0.200. The Labute approximate surface area is 112 Å². The van der Waals surface area contributed by atoms with Gasteiger partial charge in [-0.15, -0.1) is 0 Å². The molecule has 0 aromatic heterocycles. The highest BCUT2D eigenvalue weighted by Crippen LogP contribution is 2.27. The van der Waals surface area contributed by atoms with Gasteiger partial charge in [-0.3, -0.25) is 0 Å². The van der Waals surface area contributed by atoms with Crippen LogP contribution in [0.1, 0.15) is 17.2 Å². The van der Waals surface area contributed by atoms with Crippen molar-refractivity contribution in [2.45, 2.75) is 12.5 Å². The number of hydrogen-bond acceptors (Lipinski definition) is 1. The summed E-state index contributed by atoms with van der Waals surface area (Å²) in [5, 5.41) is 3.39. The van der Waals surface area contributed by atoms with E-state index < -0.39 is 0 Å². The Kier molecular flexibility index (Phi) is 4.34. The molecule has 0 heterocycles. The van der Waals surface area contributed by atoms with Crippen molar-refractivity contribution in [3.63, 3.8) is 0 Å². The highest BCUT2D eigenvalue weighted by molar-refractivity contribution is 6.31. The minimum Gasteiger partial charge on any atom is -0.313 e.